The van der Waals surface area contributed by atoms with Gasteiger partial charge in [-0.1, -0.05) is 6.07 Å². The number of hydrogen-bond acceptors (Lipinski definition) is 4. The Labute approximate surface area is 75.0 Å². The first-order valence-electron chi connectivity index (χ1n) is 4.02. The van der Waals surface area contributed by atoms with E-state index in [2.05, 4.69) is 4.98 Å². The van der Waals surface area contributed by atoms with Gasteiger partial charge in [0.1, 0.15) is 5.52 Å². The molecular weight excluding hydrogens is 168 g/mol. The van der Waals surface area contributed by atoms with E-state index in [1.807, 2.05) is 0 Å². The largest absolute Gasteiger partial charge is 0.443 e. The maximum atomic E-state index is 9.44. The summed E-state index contributed by atoms with van der Waals surface area (Å²) in [5, 5.41) is 9.44. The molecule has 0 aliphatic heterocycles. The van der Waals surface area contributed by atoms with Crippen molar-refractivity contribution in [3.63, 3.8) is 0 Å². The van der Waals surface area contributed by atoms with E-state index < -0.39 is 6.10 Å². The van der Waals surface area contributed by atoms with E-state index in [9.17, 15) is 5.11 Å². The van der Waals surface area contributed by atoms with Crippen molar-refractivity contribution in [1.29, 1.82) is 0 Å². The van der Waals surface area contributed by atoms with Gasteiger partial charge in [0.05, 0.1) is 6.10 Å². The van der Waals surface area contributed by atoms with Gasteiger partial charge in [0.15, 0.2) is 12.0 Å². The van der Waals surface area contributed by atoms with Gasteiger partial charge in [-0.25, -0.2) is 4.98 Å². The fraction of sp³-hybridized carbons (Fsp3) is 0.222. The van der Waals surface area contributed by atoms with Gasteiger partial charge in [-0.15, -0.1) is 0 Å². The van der Waals surface area contributed by atoms with Crippen LogP contribution in [0.3, 0.4) is 0 Å². The molecule has 4 heteroatoms. The summed E-state index contributed by atoms with van der Waals surface area (Å²) < 4.78 is 5.09. The number of fused-ring (bicyclic) bond motifs is 1. The van der Waals surface area contributed by atoms with Crippen LogP contribution in [0.1, 0.15) is 11.7 Å². The molecule has 0 spiro atoms. The van der Waals surface area contributed by atoms with Crippen LogP contribution in [0.15, 0.2) is 29.0 Å². The molecule has 0 aliphatic carbocycles. The Balaban J connectivity index is 2.48. The number of nitrogens with two attached hydrogens (primary N) is 1. The smallest absolute Gasteiger partial charge is 0.181 e. The average molecular weight is 178 g/mol. The van der Waals surface area contributed by atoms with E-state index in [-0.39, 0.29) is 6.54 Å². The third-order valence-electron chi connectivity index (χ3n) is 1.96. The highest BCUT2D eigenvalue weighted by Crippen LogP contribution is 2.18. The first-order chi connectivity index (χ1) is 6.31. The highest BCUT2D eigenvalue weighted by Gasteiger charge is 2.06. The second kappa shape index (κ2) is 3.16. The lowest BCUT2D eigenvalue weighted by atomic mass is 10.1. The van der Waals surface area contributed by atoms with Crippen LogP contribution in [0.4, 0.5) is 0 Å². The van der Waals surface area contributed by atoms with Crippen molar-refractivity contribution in [3.8, 4) is 0 Å². The zero-order valence-corrected chi connectivity index (χ0v) is 6.97. The van der Waals surface area contributed by atoms with Crippen molar-refractivity contribution in [2.45, 2.75) is 6.10 Å². The summed E-state index contributed by atoms with van der Waals surface area (Å²) in [6.07, 6.45) is 0.748. The molecule has 1 unspecified atom stereocenters. The average Bonchev–Trinajstić information content (AvgIpc) is 2.63. The topological polar surface area (TPSA) is 72.3 Å². The molecule has 0 saturated heterocycles. The van der Waals surface area contributed by atoms with Crippen molar-refractivity contribution < 1.29 is 9.52 Å². The van der Waals surface area contributed by atoms with Gasteiger partial charge < -0.3 is 15.3 Å². The summed E-state index contributed by atoms with van der Waals surface area (Å²) >= 11 is 0. The van der Waals surface area contributed by atoms with E-state index in [0.717, 1.165) is 11.1 Å². The van der Waals surface area contributed by atoms with Crippen LogP contribution in [0.25, 0.3) is 11.1 Å². The lowest BCUT2D eigenvalue weighted by molar-refractivity contribution is 0.187. The minimum absolute atomic E-state index is 0.208. The molecule has 13 heavy (non-hydrogen) atoms. The Morgan fingerprint density at radius 3 is 3.15 bits per heavy atom. The number of nitrogens with zero attached hydrogens (tertiary/aromatic N) is 1. The SMILES string of the molecule is NCC(O)c1ccc2ncoc2c1. The van der Waals surface area contributed by atoms with E-state index >= 15 is 0 Å². The third-order valence-corrected chi connectivity index (χ3v) is 1.96. The molecule has 2 aromatic rings. The fourth-order valence-corrected chi connectivity index (χ4v) is 1.22. The lowest BCUT2D eigenvalue weighted by Gasteiger charge is -2.06. The molecule has 0 amide bonds. The summed E-state index contributed by atoms with van der Waals surface area (Å²) in [7, 11) is 0. The molecule has 68 valence electrons. The summed E-state index contributed by atoms with van der Waals surface area (Å²) in [5.74, 6) is 0. The maximum absolute atomic E-state index is 9.44. The minimum atomic E-state index is -0.630. The van der Waals surface area contributed by atoms with E-state index in [4.69, 9.17) is 10.2 Å². The summed E-state index contributed by atoms with van der Waals surface area (Å²) in [6.45, 7) is 0.208. The number of aromatic nitrogens is 1. The molecular formula is C9H10N2O2. The van der Waals surface area contributed by atoms with Gasteiger partial charge in [0.2, 0.25) is 0 Å². The van der Waals surface area contributed by atoms with Gasteiger partial charge >= 0.3 is 0 Å². The number of aliphatic hydroxyl groups is 1. The minimum Gasteiger partial charge on any atom is -0.443 e. The zero-order valence-electron chi connectivity index (χ0n) is 6.97. The molecule has 0 fully saturated rings. The molecule has 0 radical (unpaired) electrons. The van der Waals surface area contributed by atoms with Gasteiger partial charge in [0.25, 0.3) is 0 Å². The van der Waals surface area contributed by atoms with Crippen molar-refractivity contribution in [1.82, 2.24) is 4.98 Å². The molecule has 0 saturated carbocycles. The quantitative estimate of drug-likeness (QED) is 0.714. The Kier molecular flexibility index (Phi) is 2.00. The van der Waals surface area contributed by atoms with Crippen molar-refractivity contribution in [3.05, 3.63) is 30.2 Å². The van der Waals surface area contributed by atoms with Gasteiger partial charge in [-0.3, -0.25) is 0 Å². The first kappa shape index (κ1) is 8.22. The highest BCUT2D eigenvalue weighted by molar-refractivity contribution is 5.72. The molecule has 0 aliphatic rings. The molecule has 0 bridgehead atoms. The van der Waals surface area contributed by atoms with Crippen LogP contribution >= 0.6 is 0 Å². The van der Waals surface area contributed by atoms with Crippen molar-refractivity contribution in [2.24, 2.45) is 5.73 Å². The van der Waals surface area contributed by atoms with Gasteiger partial charge in [0, 0.05) is 6.54 Å². The normalized spacial score (nSPS) is 13.4. The summed E-state index contributed by atoms with van der Waals surface area (Å²) in [6, 6.07) is 5.34. The number of rotatable bonds is 2. The standard InChI is InChI=1S/C9H10N2O2/c10-4-8(12)6-1-2-7-9(3-6)13-5-11-7/h1-3,5,8,12H,4,10H2. The molecule has 2 rings (SSSR count). The van der Waals surface area contributed by atoms with Crippen molar-refractivity contribution in [2.75, 3.05) is 6.54 Å². The summed E-state index contributed by atoms with van der Waals surface area (Å²) in [4.78, 5) is 3.97. The number of hydrogen-bond donors (Lipinski definition) is 2. The predicted octanol–water partition coefficient (Wildman–Crippen LogP) is 0.820. The lowest BCUT2D eigenvalue weighted by Crippen LogP contribution is -2.11. The van der Waals surface area contributed by atoms with Crippen LogP contribution in [0.5, 0.6) is 0 Å². The number of oxazole rings is 1. The highest BCUT2D eigenvalue weighted by atomic mass is 16.3. The monoisotopic (exact) mass is 178 g/mol. The second-order valence-electron chi connectivity index (χ2n) is 2.83. The molecule has 4 nitrogen and oxygen atoms in total. The van der Waals surface area contributed by atoms with Crippen molar-refractivity contribution >= 4 is 11.1 Å². The second-order valence-corrected chi connectivity index (χ2v) is 2.83. The van der Waals surface area contributed by atoms with E-state index in [0.29, 0.717) is 5.58 Å². The number of benzene rings is 1. The predicted molar refractivity (Wildman–Crippen MR) is 48.0 cm³/mol. The Morgan fingerprint density at radius 1 is 1.54 bits per heavy atom. The number of aliphatic hydroxyl groups excluding tert-OH is 1. The maximum Gasteiger partial charge on any atom is 0.181 e. The van der Waals surface area contributed by atoms with Crippen LogP contribution < -0.4 is 5.73 Å². The third kappa shape index (κ3) is 1.41. The summed E-state index contributed by atoms with van der Waals surface area (Å²) in [5.41, 5.74) is 7.54. The molecule has 1 aromatic heterocycles. The van der Waals surface area contributed by atoms with Gasteiger partial charge in [-0.05, 0) is 17.7 Å². The molecule has 3 N–H and O–H groups in total. The Bertz CT molecular complexity index is 411. The van der Waals surface area contributed by atoms with Crippen LogP contribution in [0.2, 0.25) is 0 Å². The molecule has 1 aromatic carbocycles. The Hall–Kier alpha value is -1.39. The Morgan fingerprint density at radius 2 is 2.38 bits per heavy atom. The van der Waals surface area contributed by atoms with Crippen LogP contribution in [-0.4, -0.2) is 16.6 Å². The van der Waals surface area contributed by atoms with E-state index in [1.54, 1.807) is 18.2 Å². The van der Waals surface area contributed by atoms with Gasteiger partial charge in [-0.2, -0.15) is 0 Å². The molecule has 1 heterocycles. The van der Waals surface area contributed by atoms with Crippen LogP contribution in [-0.2, 0) is 0 Å². The first-order valence-corrected chi connectivity index (χ1v) is 4.02. The fourth-order valence-electron chi connectivity index (χ4n) is 1.22. The van der Waals surface area contributed by atoms with E-state index in [1.165, 1.54) is 6.39 Å². The molecule has 1 atom stereocenters. The van der Waals surface area contributed by atoms with Crippen LogP contribution in [0, 0.1) is 0 Å². The zero-order chi connectivity index (χ0) is 9.26.